The van der Waals surface area contributed by atoms with Gasteiger partial charge in [-0.15, -0.1) is 0 Å². The van der Waals surface area contributed by atoms with Crippen molar-refractivity contribution in [3.8, 4) is 11.5 Å². The first-order chi connectivity index (χ1) is 13.5. The largest absolute Gasteiger partial charge is 0.493 e. The van der Waals surface area contributed by atoms with Gasteiger partial charge in [0, 0.05) is 11.1 Å². The number of anilines is 1. The average molecular weight is 401 g/mol. The van der Waals surface area contributed by atoms with Crippen molar-refractivity contribution in [2.75, 3.05) is 19.1 Å². The number of methoxy groups -OCH3 is 2. The van der Waals surface area contributed by atoms with Gasteiger partial charge in [-0.2, -0.15) is 5.11 Å². The van der Waals surface area contributed by atoms with Crippen LogP contribution in [0.5, 0.6) is 11.5 Å². The van der Waals surface area contributed by atoms with Gasteiger partial charge in [0.2, 0.25) is 0 Å². The van der Waals surface area contributed by atoms with Crippen LogP contribution in [0.1, 0.15) is 5.56 Å². The van der Waals surface area contributed by atoms with Gasteiger partial charge in [0.05, 0.1) is 26.5 Å². The summed E-state index contributed by atoms with van der Waals surface area (Å²) in [5.74, 6) is 0.136. The number of carbonyl (C=O) groups is 2. The highest BCUT2D eigenvalue weighted by Crippen LogP contribution is 2.37. The monoisotopic (exact) mass is 400 g/mol. The SMILES string of the molecule is COc1ccc(N2C(=O)[C@@H]3[C@@H](N=NN3Cc3cccc(Cl)c3)C2=O)cc1OC. The molecule has 2 heterocycles. The lowest BCUT2D eigenvalue weighted by Crippen LogP contribution is -2.39. The highest BCUT2D eigenvalue weighted by atomic mass is 35.5. The number of fused-ring (bicyclic) bond motifs is 1. The number of halogens is 1. The third-order valence-electron chi connectivity index (χ3n) is 4.72. The lowest BCUT2D eigenvalue weighted by atomic mass is 10.1. The first-order valence-corrected chi connectivity index (χ1v) is 8.93. The van der Waals surface area contributed by atoms with Crippen LogP contribution in [0.15, 0.2) is 52.8 Å². The molecule has 2 atom stereocenters. The summed E-state index contributed by atoms with van der Waals surface area (Å²) in [4.78, 5) is 27.0. The molecule has 0 N–H and O–H groups in total. The minimum atomic E-state index is -0.861. The number of hydrogen-bond acceptors (Lipinski definition) is 7. The van der Waals surface area contributed by atoms with E-state index in [-0.39, 0.29) is 5.91 Å². The van der Waals surface area contributed by atoms with E-state index in [1.54, 1.807) is 30.3 Å². The van der Waals surface area contributed by atoms with Gasteiger partial charge in [-0.3, -0.25) is 14.6 Å². The van der Waals surface area contributed by atoms with Crippen LogP contribution in [0.2, 0.25) is 5.02 Å². The van der Waals surface area contributed by atoms with Crippen molar-refractivity contribution in [3.63, 3.8) is 0 Å². The molecule has 0 bridgehead atoms. The minimum Gasteiger partial charge on any atom is -0.493 e. The number of carbonyl (C=O) groups excluding carboxylic acids is 2. The van der Waals surface area contributed by atoms with Crippen molar-refractivity contribution in [3.05, 3.63) is 53.1 Å². The van der Waals surface area contributed by atoms with Gasteiger partial charge in [0.1, 0.15) is 0 Å². The van der Waals surface area contributed by atoms with Crippen LogP contribution in [0.4, 0.5) is 5.69 Å². The zero-order valence-corrected chi connectivity index (χ0v) is 16.0. The standard InChI is InChI=1S/C19H17ClN4O4/c1-27-14-7-6-13(9-15(14)28-2)24-18(25)16-17(19(24)26)23(22-21-16)10-11-4-3-5-12(20)8-11/h3-9,16-17H,10H2,1-2H3/t16-,17+/m1/s1. The van der Waals surface area contributed by atoms with E-state index < -0.39 is 18.0 Å². The topological polar surface area (TPSA) is 83.8 Å². The lowest BCUT2D eigenvalue weighted by molar-refractivity contribution is -0.123. The third kappa shape index (κ3) is 2.95. The van der Waals surface area contributed by atoms with Gasteiger partial charge in [-0.05, 0) is 29.8 Å². The number of imide groups is 1. The van der Waals surface area contributed by atoms with Crippen molar-refractivity contribution >= 4 is 29.1 Å². The molecule has 0 aromatic heterocycles. The van der Waals surface area contributed by atoms with Gasteiger partial charge in [-0.1, -0.05) is 29.0 Å². The number of benzene rings is 2. The predicted molar refractivity (Wildman–Crippen MR) is 101 cm³/mol. The van der Waals surface area contributed by atoms with Gasteiger partial charge in [0.25, 0.3) is 11.8 Å². The van der Waals surface area contributed by atoms with Crippen LogP contribution in [0.3, 0.4) is 0 Å². The maximum Gasteiger partial charge on any atom is 0.263 e. The van der Waals surface area contributed by atoms with Crippen LogP contribution >= 0.6 is 11.6 Å². The van der Waals surface area contributed by atoms with E-state index in [2.05, 4.69) is 10.3 Å². The average Bonchev–Trinajstić information content (AvgIpc) is 3.21. The van der Waals surface area contributed by atoms with E-state index in [9.17, 15) is 9.59 Å². The smallest absolute Gasteiger partial charge is 0.263 e. The molecule has 0 saturated carbocycles. The number of amides is 2. The van der Waals surface area contributed by atoms with Crippen molar-refractivity contribution in [1.29, 1.82) is 0 Å². The molecule has 2 aromatic rings. The minimum absolute atomic E-state index is 0.323. The molecule has 2 aliphatic rings. The Kier molecular flexibility index (Phi) is 4.64. The maximum absolute atomic E-state index is 13.1. The Hall–Kier alpha value is -3.13. The summed E-state index contributed by atoms with van der Waals surface area (Å²) in [5, 5.41) is 10.2. The third-order valence-corrected chi connectivity index (χ3v) is 4.95. The molecule has 2 amide bonds. The molecule has 2 aromatic carbocycles. The first kappa shape index (κ1) is 18.2. The van der Waals surface area contributed by atoms with Gasteiger partial charge < -0.3 is 9.47 Å². The normalized spacial score (nSPS) is 20.7. The van der Waals surface area contributed by atoms with Crippen LogP contribution in [-0.4, -0.2) is 43.1 Å². The Balaban J connectivity index is 1.61. The van der Waals surface area contributed by atoms with Crippen molar-refractivity contribution in [1.82, 2.24) is 5.01 Å². The summed E-state index contributed by atoms with van der Waals surface area (Å²) < 4.78 is 10.5. The highest BCUT2D eigenvalue weighted by Gasteiger charge is 2.54. The van der Waals surface area contributed by atoms with Crippen LogP contribution < -0.4 is 14.4 Å². The number of rotatable bonds is 5. The van der Waals surface area contributed by atoms with Crippen molar-refractivity contribution in [2.45, 2.75) is 18.6 Å². The molecular weight excluding hydrogens is 384 g/mol. The molecule has 0 aliphatic carbocycles. The first-order valence-electron chi connectivity index (χ1n) is 8.55. The van der Waals surface area contributed by atoms with Gasteiger partial charge >= 0.3 is 0 Å². The van der Waals surface area contributed by atoms with E-state index in [0.29, 0.717) is 28.8 Å². The molecule has 0 spiro atoms. The molecular formula is C19H17ClN4O4. The molecule has 0 radical (unpaired) electrons. The molecule has 0 unspecified atom stereocenters. The Labute approximate surface area is 166 Å². The van der Waals surface area contributed by atoms with E-state index in [1.165, 1.54) is 19.2 Å². The van der Waals surface area contributed by atoms with Crippen LogP contribution in [0, 0.1) is 0 Å². The summed E-state index contributed by atoms with van der Waals surface area (Å²) in [7, 11) is 3.01. The Bertz CT molecular complexity index is 980. The van der Waals surface area contributed by atoms with Crippen LogP contribution in [-0.2, 0) is 16.1 Å². The Morgan fingerprint density at radius 3 is 2.54 bits per heavy atom. The number of ether oxygens (including phenoxy) is 2. The van der Waals surface area contributed by atoms with Gasteiger partial charge in [0.15, 0.2) is 23.6 Å². The van der Waals surface area contributed by atoms with Crippen LogP contribution in [0.25, 0.3) is 0 Å². The predicted octanol–water partition coefficient (Wildman–Crippen LogP) is 2.85. The van der Waals surface area contributed by atoms with E-state index in [1.807, 2.05) is 12.1 Å². The summed E-state index contributed by atoms with van der Waals surface area (Å²) in [6, 6.07) is 10.5. The van der Waals surface area contributed by atoms with Crippen molar-refractivity contribution < 1.29 is 19.1 Å². The summed E-state index contributed by atoms with van der Waals surface area (Å²) >= 11 is 6.03. The quantitative estimate of drug-likeness (QED) is 0.720. The fourth-order valence-corrected chi connectivity index (χ4v) is 3.61. The second kappa shape index (κ2) is 7.12. The maximum atomic E-state index is 13.1. The fourth-order valence-electron chi connectivity index (χ4n) is 3.39. The fraction of sp³-hybridized carbons (Fsp3) is 0.263. The summed E-state index contributed by atoms with van der Waals surface area (Å²) in [6.07, 6.45) is 0. The second-order valence-electron chi connectivity index (χ2n) is 6.37. The summed E-state index contributed by atoms with van der Waals surface area (Å²) in [5.41, 5.74) is 1.27. The molecule has 8 nitrogen and oxygen atoms in total. The number of nitrogens with zero attached hydrogens (tertiary/aromatic N) is 4. The lowest BCUT2D eigenvalue weighted by Gasteiger charge is -2.21. The molecule has 144 valence electrons. The van der Waals surface area contributed by atoms with Crippen molar-refractivity contribution in [2.24, 2.45) is 10.3 Å². The molecule has 4 rings (SSSR count). The van der Waals surface area contributed by atoms with E-state index >= 15 is 0 Å². The molecule has 2 aliphatic heterocycles. The molecule has 1 fully saturated rings. The second-order valence-corrected chi connectivity index (χ2v) is 6.81. The zero-order valence-electron chi connectivity index (χ0n) is 15.2. The highest BCUT2D eigenvalue weighted by molar-refractivity contribution is 6.30. The zero-order chi connectivity index (χ0) is 19.8. The Morgan fingerprint density at radius 1 is 1.04 bits per heavy atom. The molecule has 9 heteroatoms. The van der Waals surface area contributed by atoms with E-state index in [0.717, 1.165) is 10.5 Å². The number of hydrogen-bond donors (Lipinski definition) is 0. The molecule has 1 saturated heterocycles. The van der Waals surface area contributed by atoms with Gasteiger partial charge in [-0.25, -0.2) is 4.90 Å². The Morgan fingerprint density at radius 2 is 1.82 bits per heavy atom. The summed E-state index contributed by atoms with van der Waals surface area (Å²) in [6.45, 7) is 0.323. The molecule has 28 heavy (non-hydrogen) atoms. The van der Waals surface area contributed by atoms with E-state index in [4.69, 9.17) is 21.1 Å².